The maximum absolute atomic E-state index is 9.25. The molecule has 0 aliphatic rings. The topological polar surface area (TPSA) is 58.8 Å². The molecule has 2 aromatic heterocycles. The van der Waals surface area contributed by atoms with E-state index in [1.165, 1.54) is 0 Å². The number of nitrogens with zero attached hydrogens (tertiary/aromatic N) is 3. The summed E-state index contributed by atoms with van der Waals surface area (Å²) >= 11 is 0. The standard InChI is InChI=1S/C16H17N3O/c1-5-14-15(7-6-11(3)18-14)20-16-13(9-17)10(2)8-12(4)19-16/h6-8H,5H2,1-4H3. The van der Waals surface area contributed by atoms with Crippen LogP contribution >= 0.6 is 0 Å². The summed E-state index contributed by atoms with van der Waals surface area (Å²) in [5.41, 5.74) is 3.99. The summed E-state index contributed by atoms with van der Waals surface area (Å²) in [6, 6.07) is 7.80. The van der Waals surface area contributed by atoms with Crippen molar-refractivity contribution >= 4 is 0 Å². The average molecular weight is 267 g/mol. The summed E-state index contributed by atoms with van der Waals surface area (Å²) in [6.45, 7) is 7.73. The zero-order chi connectivity index (χ0) is 14.7. The highest BCUT2D eigenvalue weighted by Gasteiger charge is 2.13. The lowest BCUT2D eigenvalue weighted by atomic mass is 10.1. The molecule has 0 N–H and O–H groups in total. The van der Waals surface area contributed by atoms with E-state index in [2.05, 4.69) is 16.0 Å². The second-order valence-corrected chi connectivity index (χ2v) is 4.73. The highest BCUT2D eigenvalue weighted by atomic mass is 16.5. The van der Waals surface area contributed by atoms with Crippen LogP contribution in [0.25, 0.3) is 0 Å². The summed E-state index contributed by atoms with van der Waals surface area (Å²) in [7, 11) is 0. The smallest absolute Gasteiger partial charge is 0.237 e. The van der Waals surface area contributed by atoms with Gasteiger partial charge < -0.3 is 4.74 Å². The maximum atomic E-state index is 9.25. The van der Waals surface area contributed by atoms with E-state index >= 15 is 0 Å². The lowest BCUT2D eigenvalue weighted by Crippen LogP contribution is -2.00. The Hall–Kier alpha value is -2.41. The van der Waals surface area contributed by atoms with Gasteiger partial charge in [-0.15, -0.1) is 0 Å². The number of ether oxygens (including phenoxy) is 1. The highest BCUT2D eigenvalue weighted by molar-refractivity contribution is 5.47. The summed E-state index contributed by atoms with van der Waals surface area (Å²) in [5.74, 6) is 1.01. The van der Waals surface area contributed by atoms with Gasteiger partial charge in [-0.05, 0) is 51.0 Å². The molecule has 0 unspecified atom stereocenters. The Morgan fingerprint density at radius 3 is 2.55 bits per heavy atom. The molecule has 0 fully saturated rings. The first-order chi connectivity index (χ1) is 9.55. The van der Waals surface area contributed by atoms with Gasteiger partial charge in [0, 0.05) is 11.4 Å². The second-order valence-electron chi connectivity index (χ2n) is 4.73. The minimum Gasteiger partial charge on any atom is -0.436 e. The Morgan fingerprint density at radius 1 is 1.15 bits per heavy atom. The van der Waals surface area contributed by atoms with E-state index in [-0.39, 0.29) is 0 Å². The summed E-state index contributed by atoms with van der Waals surface area (Å²) < 4.78 is 5.84. The van der Waals surface area contributed by atoms with Gasteiger partial charge in [-0.3, -0.25) is 4.98 Å². The molecule has 0 aliphatic carbocycles. The third kappa shape index (κ3) is 2.77. The number of pyridine rings is 2. The third-order valence-corrected chi connectivity index (χ3v) is 3.04. The molecule has 0 spiro atoms. The van der Waals surface area contributed by atoms with E-state index in [9.17, 15) is 5.26 Å². The molecule has 0 bridgehead atoms. The fraction of sp³-hybridized carbons (Fsp3) is 0.312. The molecule has 2 rings (SSSR count). The Balaban J connectivity index is 2.48. The van der Waals surface area contributed by atoms with Crippen LogP contribution in [0.3, 0.4) is 0 Å². The van der Waals surface area contributed by atoms with Crippen LogP contribution in [0.15, 0.2) is 18.2 Å². The molecular formula is C16H17N3O. The van der Waals surface area contributed by atoms with Crippen molar-refractivity contribution in [2.45, 2.75) is 34.1 Å². The number of rotatable bonds is 3. The van der Waals surface area contributed by atoms with E-state index in [0.29, 0.717) is 17.2 Å². The number of aryl methyl sites for hydroxylation is 4. The molecule has 0 saturated heterocycles. The minimum atomic E-state index is 0.352. The second kappa shape index (κ2) is 5.70. The highest BCUT2D eigenvalue weighted by Crippen LogP contribution is 2.28. The first-order valence-corrected chi connectivity index (χ1v) is 6.57. The molecule has 102 valence electrons. The molecular weight excluding hydrogens is 250 g/mol. The van der Waals surface area contributed by atoms with Crippen LogP contribution in [0, 0.1) is 32.1 Å². The van der Waals surface area contributed by atoms with Crippen molar-refractivity contribution in [2.24, 2.45) is 0 Å². The van der Waals surface area contributed by atoms with Crippen molar-refractivity contribution in [2.75, 3.05) is 0 Å². The fourth-order valence-electron chi connectivity index (χ4n) is 2.06. The van der Waals surface area contributed by atoms with Crippen molar-refractivity contribution < 1.29 is 4.74 Å². The molecule has 0 radical (unpaired) electrons. The van der Waals surface area contributed by atoms with E-state index in [1.54, 1.807) is 0 Å². The van der Waals surface area contributed by atoms with Gasteiger partial charge in [0.2, 0.25) is 5.88 Å². The van der Waals surface area contributed by atoms with Crippen LogP contribution < -0.4 is 4.74 Å². The van der Waals surface area contributed by atoms with Gasteiger partial charge in [-0.25, -0.2) is 4.98 Å². The summed E-state index contributed by atoms with van der Waals surface area (Å²) in [4.78, 5) is 8.78. The molecule has 4 heteroatoms. The van der Waals surface area contributed by atoms with Crippen molar-refractivity contribution in [3.63, 3.8) is 0 Å². The Morgan fingerprint density at radius 2 is 1.90 bits per heavy atom. The Kier molecular flexibility index (Phi) is 3.99. The van der Waals surface area contributed by atoms with Crippen LogP contribution in [-0.4, -0.2) is 9.97 Å². The van der Waals surface area contributed by atoms with Crippen molar-refractivity contribution in [3.05, 3.63) is 46.4 Å². The summed E-state index contributed by atoms with van der Waals surface area (Å²) in [5, 5.41) is 9.25. The zero-order valence-electron chi connectivity index (χ0n) is 12.2. The summed E-state index contributed by atoms with van der Waals surface area (Å²) in [6.07, 6.45) is 0.768. The van der Waals surface area contributed by atoms with Crippen LogP contribution in [-0.2, 0) is 6.42 Å². The van der Waals surface area contributed by atoms with Gasteiger partial charge in [-0.2, -0.15) is 5.26 Å². The van der Waals surface area contributed by atoms with Gasteiger partial charge in [0.15, 0.2) is 5.75 Å². The Bertz CT molecular complexity index is 687. The molecule has 0 aliphatic heterocycles. The van der Waals surface area contributed by atoms with E-state index in [4.69, 9.17) is 4.74 Å². The molecule has 0 amide bonds. The number of hydrogen-bond acceptors (Lipinski definition) is 4. The SMILES string of the molecule is CCc1nc(C)ccc1Oc1nc(C)cc(C)c1C#N. The van der Waals surface area contributed by atoms with Crippen molar-refractivity contribution in [1.29, 1.82) is 5.26 Å². The molecule has 0 aromatic carbocycles. The molecule has 2 heterocycles. The number of aromatic nitrogens is 2. The van der Waals surface area contributed by atoms with E-state index in [1.807, 2.05) is 45.9 Å². The molecule has 0 saturated carbocycles. The normalized spacial score (nSPS) is 10.2. The zero-order valence-corrected chi connectivity index (χ0v) is 12.2. The van der Waals surface area contributed by atoms with Crippen molar-refractivity contribution in [3.8, 4) is 17.7 Å². The van der Waals surface area contributed by atoms with Crippen LogP contribution in [0.1, 0.15) is 35.1 Å². The van der Waals surface area contributed by atoms with Crippen LogP contribution in [0.2, 0.25) is 0 Å². The van der Waals surface area contributed by atoms with Gasteiger partial charge in [0.05, 0.1) is 5.69 Å². The van der Waals surface area contributed by atoms with Gasteiger partial charge in [0.1, 0.15) is 11.6 Å². The van der Waals surface area contributed by atoms with Crippen LogP contribution in [0.4, 0.5) is 0 Å². The predicted molar refractivity (Wildman–Crippen MR) is 76.9 cm³/mol. The largest absolute Gasteiger partial charge is 0.436 e. The predicted octanol–water partition coefficient (Wildman–Crippen LogP) is 3.63. The van der Waals surface area contributed by atoms with Gasteiger partial charge in [0.25, 0.3) is 0 Å². The molecule has 0 atom stereocenters. The van der Waals surface area contributed by atoms with E-state index in [0.717, 1.165) is 29.1 Å². The molecule has 2 aromatic rings. The number of hydrogen-bond donors (Lipinski definition) is 0. The fourth-order valence-corrected chi connectivity index (χ4v) is 2.06. The number of nitriles is 1. The third-order valence-electron chi connectivity index (χ3n) is 3.04. The molecule has 20 heavy (non-hydrogen) atoms. The van der Waals surface area contributed by atoms with E-state index < -0.39 is 0 Å². The monoisotopic (exact) mass is 267 g/mol. The Labute approximate surface area is 119 Å². The average Bonchev–Trinajstić information content (AvgIpc) is 2.40. The maximum Gasteiger partial charge on any atom is 0.237 e. The first kappa shape index (κ1) is 14.0. The minimum absolute atomic E-state index is 0.352. The van der Waals surface area contributed by atoms with Crippen molar-refractivity contribution in [1.82, 2.24) is 9.97 Å². The van der Waals surface area contributed by atoms with Gasteiger partial charge >= 0.3 is 0 Å². The lowest BCUT2D eigenvalue weighted by molar-refractivity contribution is 0.450. The van der Waals surface area contributed by atoms with Gasteiger partial charge in [-0.1, -0.05) is 6.92 Å². The van der Waals surface area contributed by atoms with Crippen LogP contribution in [0.5, 0.6) is 11.6 Å². The molecule has 4 nitrogen and oxygen atoms in total. The lowest BCUT2D eigenvalue weighted by Gasteiger charge is -2.12. The first-order valence-electron chi connectivity index (χ1n) is 6.57. The quantitative estimate of drug-likeness (QED) is 0.852.